The number of aliphatic hydroxyl groups excluding tert-OH is 1. The van der Waals surface area contributed by atoms with E-state index in [1.807, 2.05) is 30.3 Å². The smallest absolute Gasteiger partial charge is 0.295 e. The molecule has 0 radical (unpaired) electrons. The van der Waals surface area contributed by atoms with Crippen LogP contribution in [-0.2, 0) is 9.59 Å². The number of ketones is 1. The van der Waals surface area contributed by atoms with Crippen LogP contribution in [0.3, 0.4) is 0 Å². The number of likely N-dealkylation sites (tertiary alicyclic amines) is 1. The predicted molar refractivity (Wildman–Crippen MR) is 122 cm³/mol. The molecule has 1 saturated heterocycles. The van der Waals surface area contributed by atoms with Crippen LogP contribution in [0.4, 0.5) is 0 Å². The van der Waals surface area contributed by atoms with E-state index in [2.05, 4.69) is 0 Å². The van der Waals surface area contributed by atoms with Crippen LogP contribution < -0.4 is 9.47 Å². The fourth-order valence-electron chi connectivity index (χ4n) is 4.74. The van der Waals surface area contributed by atoms with Crippen LogP contribution in [0.15, 0.2) is 48.0 Å². The minimum absolute atomic E-state index is 0.0441. The molecule has 1 heterocycles. The fraction of sp³-hybridized carbons (Fsp3) is 0.360. The Morgan fingerprint density at radius 2 is 1.66 bits per heavy atom. The van der Waals surface area contributed by atoms with Gasteiger partial charge in [0.15, 0.2) is 0 Å². The monoisotopic (exact) mass is 455 g/mol. The van der Waals surface area contributed by atoms with Gasteiger partial charge in [0.05, 0.1) is 36.4 Å². The molecule has 4 rings (SSSR count). The zero-order chi connectivity index (χ0) is 22.8. The summed E-state index contributed by atoms with van der Waals surface area (Å²) in [7, 11) is 2.91. The number of rotatable bonds is 5. The van der Waals surface area contributed by atoms with Crippen LogP contribution in [-0.4, -0.2) is 42.0 Å². The van der Waals surface area contributed by atoms with Crippen LogP contribution in [0.1, 0.15) is 49.3 Å². The molecule has 0 bridgehead atoms. The lowest BCUT2D eigenvalue weighted by molar-refractivity contribution is -0.141. The number of carbonyl (C=O) groups is 2. The molecule has 1 saturated carbocycles. The second-order valence-electron chi connectivity index (χ2n) is 8.10. The molecule has 0 aromatic heterocycles. The van der Waals surface area contributed by atoms with Gasteiger partial charge in [-0.15, -0.1) is 0 Å². The Morgan fingerprint density at radius 1 is 1.00 bits per heavy atom. The van der Waals surface area contributed by atoms with Crippen molar-refractivity contribution in [3.63, 3.8) is 0 Å². The molecule has 6 nitrogen and oxygen atoms in total. The molecule has 7 heteroatoms. The van der Waals surface area contributed by atoms with E-state index in [0.29, 0.717) is 10.8 Å². The first kappa shape index (κ1) is 22.2. The summed E-state index contributed by atoms with van der Waals surface area (Å²) in [4.78, 5) is 28.2. The first-order valence-electron chi connectivity index (χ1n) is 10.7. The Kier molecular flexibility index (Phi) is 6.42. The van der Waals surface area contributed by atoms with E-state index in [1.165, 1.54) is 26.4 Å². The third-order valence-corrected chi connectivity index (χ3v) is 6.59. The quantitative estimate of drug-likeness (QED) is 0.385. The normalized spacial score (nSPS) is 21.1. The Hall–Kier alpha value is -2.99. The summed E-state index contributed by atoms with van der Waals surface area (Å²) in [5.41, 5.74) is 1.07. The zero-order valence-corrected chi connectivity index (χ0v) is 18.9. The van der Waals surface area contributed by atoms with Crippen LogP contribution in [0, 0.1) is 0 Å². The lowest BCUT2D eigenvalue weighted by Crippen LogP contribution is -2.40. The molecule has 168 valence electrons. The van der Waals surface area contributed by atoms with E-state index in [9.17, 15) is 14.7 Å². The number of amides is 1. The van der Waals surface area contributed by atoms with Crippen molar-refractivity contribution in [1.29, 1.82) is 0 Å². The lowest BCUT2D eigenvalue weighted by Gasteiger charge is -2.35. The Morgan fingerprint density at radius 3 is 2.28 bits per heavy atom. The van der Waals surface area contributed by atoms with Crippen molar-refractivity contribution in [1.82, 2.24) is 4.90 Å². The van der Waals surface area contributed by atoms with Crippen LogP contribution in [0.25, 0.3) is 5.76 Å². The molecule has 32 heavy (non-hydrogen) atoms. The summed E-state index contributed by atoms with van der Waals surface area (Å²) in [6.07, 6.45) is 4.83. The van der Waals surface area contributed by atoms with Gasteiger partial charge in [0, 0.05) is 12.1 Å². The number of carbonyl (C=O) groups excluding carboxylic acids is 2. The third kappa shape index (κ3) is 3.84. The highest BCUT2D eigenvalue weighted by Gasteiger charge is 2.49. The minimum Gasteiger partial charge on any atom is -0.507 e. The highest BCUT2D eigenvalue weighted by Crippen LogP contribution is 2.45. The summed E-state index contributed by atoms with van der Waals surface area (Å²) >= 11 is 6.21. The standard InChI is InChI=1S/C25H26ClNO5/c1-31-19-14-18(26)20(32-2)13-17(19)23(28)21-22(15-9-5-3-6-10-15)27(25(30)24(21)29)16-11-7-4-8-12-16/h3,5-6,9-10,13-14,16,22,28H,4,7-8,11-12H2,1-2H3/b23-21+. The molecule has 0 spiro atoms. The van der Waals surface area contributed by atoms with Gasteiger partial charge in [-0.3, -0.25) is 9.59 Å². The van der Waals surface area contributed by atoms with Crippen molar-refractivity contribution in [3.8, 4) is 11.5 Å². The first-order chi connectivity index (χ1) is 15.5. The maximum atomic E-state index is 13.3. The van der Waals surface area contributed by atoms with E-state index in [4.69, 9.17) is 21.1 Å². The fourth-order valence-corrected chi connectivity index (χ4v) is 4.97. The van der Waals surface area contributed by atoms with Crippen molar-refractivity contribution >= 4 is 29.1 Å². The number of ether oxygens (including phenoxy) is 2. The molecule has 2 fully saturated rings. The van der Waals surface area contributed by atoms with E-state index < -0.39 is 17.7 Å². The highest BCUT2D eigenvalue weighted by atomic mass is 35.5. The molecule has 1 aliphatic carbocycles. The molecule has 1 aliphatic heterocycles. The molecule has 1 amide bonds. The van der Waals surface area contributed by atoms with Gasteiger partial charge < -0.3 is 19.5 Å². The van der Waals surface area contributed by atoms with Gasteiger partial charge in [-0.2, -0.15) is 0 Å². The molecule has 1 N–H and O–H groups in total. The number of hydrogen-bond acceptors (Lipinski definition) is 5. The maximum Gasteiger partial charge on any atom is 0.295 e. The SMILES string of the molecule is COc1cc(/C(O)=C2\C(=O)C(=O)N(C3CCCCC3)C2c2ccccc2)c(OC)cc1Cl. The summed E-state index contributed by atoms with van der Waals surface area (Å²) in [6, 6.07) is 11.7. The number of nitrogens with zero attached hydrogens (tertiary/aromatic N) is 1. The van der Waals surface area contributed by atoms with E-state index in [-0.39, 0.29) is 28.7 Å². The van der Waals surface area contributed by atoms with Gasteiger partial charge in [-0.1, -0.05) is 61.2 Å². The van der Waals surface area contributed by atoms with Crippen LogP contribution >= 0.6 is 11.6 Å². The summed E-state index contributed by atoms with van der Waals surface area (Å²) in [5, 5.41) is 11.7. The van der Waals surface area contributed by atoms with Crippen molar-refractivity contribution in [2.45, 2.75) is 44.2 Å². The molecular formula is C25H26ClNO5. The van der Waals surface area contributed by atoms with Crippen molar-refractivity contribution in [2.75, 3.05) is 14.2 Å². The molecular weight excluding hydrogens is 430 g/mol. The number of Topliss-reactive ketones (excluding diaryl/α,β-unsaturated/α-hetero) is 1. The summed E-state index contributed by atoms with van der Waals surface area (Å²) in [6.45, 7) is 0. The number of halogens is 1. The minimum atomic E-state index is -0.696. The second-order valence-corrected chi connectivity index (χ2v) is 8.50. The van der Waals surface area contributed by atoms with Gasteiger partial charge in [0.2, 0.25) is 0 Å². The van der Waals surface area contributed by atoms with E-state index in [1.54, 1.807) is 4.90 Å². The Bertz CT molecular complexity index is 1060. The topological polar surface area (TPSA) is 76.1 Å². The largest absolute Gasteiger partial charge is 0.507 e. The van der Waals surface area contributed by atoms with E-state index in [0.717, 1.165) is 37.7 Å². The first-order valence-corrected chi connectivity index (χ1v) is 11.1. The van der Waals surface area contributed by atoms with Gasteiger partial charge >= 0.3 is 0 Å². The average Bonchev–Trinajstić information content (AvgIpc) is 3.10. The molecule has 2 aliphatic rings. The van der Waals surface area contributed by atoms with E-state index >= 15 is 0 Å². The second kappa shape index (κ2) is 9.25. The predicted octanol–water partition coefficient (Wildman–Crippen LogP) is 5.11. The van der Waals surface area contributed by atoms with Gasteiger partial charge in [-0.25, -0.2) is 0 Å². The molecule has 1 atom stereocenters. The average molecular weight is 456 g/mol. The number of benzene rings is 2. The van der Waals surface area contributed by atoms with Crippen molar-refractivity contribution in [2.24, 2.45) is 0 Å². The Labute approximate surface area is 192 Å². The van der Waals surface area contributed by atoms with Gasteiger partial charge in [0.1, 0.15) is 17.3 Å². The Balaban J connectivity index is 1.92. The van der Waals surface area contributed by atoms with Gasteiger partial charge in [-0.05, 0) is 24.5 Å². The maximum absolute atomic E-state index is 13.3. The van der Waals surface area contributed by atoms with Gasteiger partial charge in [0.25, 0.3) is 11.7 Å². The van der Waals surface area contributed by atoms with Crippen molar-refractivity contribution < 1.29 is 24.2 Å². The number of methoxy groups -OCH3 is 2. The molecule has 1 unspecified atom stereocenters. The van der Waals surface area contributed by atoms with Crippen LogP contribution in [0.2, 0.25) is 5.02 Å². The summed E-state index contributed by atoms with van der Waals surface area (Å²) < 4.78 is 10.7. The zero-order valence-electron chi connectivity index (χ0n) is 18.1. The lowest BCUT2D eigenvalue weighted by atomic mass is 9.91. The summed E-state index contributed by atoms with van der Waals surface area (Å²) in [5.74, 6) is -0.969. The number of hydrogen-bond donors (Lipinski definition) is 1. The number of aliphatic hydroxyl groups is 1. The highest BCUT2D eigenvalue weighted by molar-refractivity contribution is 6.46. The van der Waals surface area contributed by atoms with Crippen molar-refractivity contribution in [3.05, 3.63) is 64.2 Å². The molecule has 2 aromatic rings. The molecule has 2 aromatic carbocycles. The third-order valence-electron chi connectivity index (χ3n) is 6.29. The van der Waals surface area contributed by atoms with Crippen LogP contribution in [0.5, 0.6) is 11.5 Å².